The predicted molar refractivity (Wildman–Crippen MR) is 53.0 cm³/mol. The van der Waals surface area contributed by atoms with Crippen LogP contribution in [0.3, 0.4) is 0 Å². The molecule has 3 N–H and O–H groups in total. The number of hydrogen-bond acceptors (Lipinski definition) is 3. The van der Waals surface area contributed by atoms with E-state index in [1.54, 1.807) is 0 Å². The summed E-state index contributed by atoms with van der Waals surface area (Å²) in [6.45, 7) is 3.90. The Bertz CT molecular complexity index is 337. The van der Waals surface area contributed by atoms with Crippen molar-refractivity contribution in [1.82, 2.24) is 4.98 Å². The third-order valence-corrected chi connectivity index (χ3v) is 2.16. The second-order valence-corrected chi connectivity index (χ2v) is 3.54. The molecular weight excluding hydrogens is 180 g/mol. The first-order chi connectivity index (χ1) is 6.54. The summed E-state index contributed by atoms with van der Waals surface area (Å²) < 4.78 is 0. The van der Waals surface area contributed by atoms with Gasteiger partial charge in [0.2, 0.25) is 0 Å². The number of aromatic nitrogens is 1. The van der Waals surface area contributed by atoms with E-state index in [0.29, 0.717) is 5.56 Å². The summed E-state index contributed by atoms with van der Waals surface area (Å²) in [4.78, 5) is 14.8. The van der Waals surface area contributed by atoms with Gasteiger partial charge in [-0.15, -0.1) is 0 Å². The number of nitrogens with two attached hydrogens (primary N) is 1. The molecule has 0 radical (unpaired) electrons. The van der Waals surface area contributed by atoms with Crippen molar-refractivity contribution in [2.24, 2.45) is 11.7 Å². The maximum Gasteiger partial charge on any atom is 0.336 e. The number of aromatic carboxylic acids is 1. The molecule has 1 atom stereocenters. The van der Waals surface area contributed by atoms with E-state index in [9.17, 15) is 4.79 Å². The van der Waals surface area contributed by atoms with E-state index < -0.39 is 5.97 Å². The number of carboxylic acids is 1. The van der Waals surface area contributed by atoms with E-state index in [0.717, 1.165) is 0 Å². The van der Waals surface area contributed by atoms with Crippen molar-refractivity contribution >= 4 is 5.97 Å². The third-order valence-electron chi connectivity index (χ3n) is 2.16. The molecule has 0 aliphatic heterocycles. The predicted octanol–water partition coefficient (Wildman–Crippen LogP) is 1.44. The summed E-state index contributed by atoms with van der Waals surface area (Å²) in [6.07, 6.45) is 2.98. The van der Waals surface area contributed by atoms with Gasteiger partial charge >= 0.3 is 5.97 Å². The van der Waals surface area contributed by atoms with Gasteiger partial charge in [0.25, 0.3) is 0 Å². The van der Waals surface area contributed by atoms with Gasteiger partial charge in [-0.1, -0.05) is 13.8 Å². The lowest BCUT2D eigenvalue weighted by molar-refractivity contribution is 0.0694. The molecule has 4 nitrogen and oxygen atoms in total. The molecule has 76 valence electrons. The zero-order valence-corrected chi connectivity index (χ0v) is 8.27. The molecule has 4 heteroatoms. The zero-order chi connectivity index (χ0) is 10.7. The second kappa shape index (κ2) is 4.19. The summed E-state index contributed by atoms with van der Waals surface area (Å²) >= 11 is 0. The third kappa shape index (κ3) is 2.09. The lowest BCUT2D eigenvalue weighted by atomic mass is 9.95. The zero-order valence-electron chi connectivity index (χ0n) is 8.27. The van der Waals surface area contributed by atoms with Gasteiger partial charge in [-0.25, -0.2) is 4.79 Å². The van der Waals surface area contributed by atoms with Crippen LogP contribution < -0.4 is 5.73 Å². The van der Waals surface area contributed by atoms with Gasteiger partial charge in [0.1, 0.15) is 0 Å². The molecule has 0 unspecified atom stereocenters. The maximum absolute atomic E-state index is 10.9. The lowest BCUT2D eigenvalue weighted by Gasteiger charge is -2.17. The molecule has 1 heterocycles. The van der Waals surface area contributed by atoms with Crippen LogP contribution in [0, 0.1) is 5.92 Å². The Morgan fingerprint density at radius 1 is 1.57 bits per heavy atom. The number of rotatable bonds is 3. The van der Waals surface area contributed by atoms with Crippen LogP contribution in [0.15, 0.2) is 18.5 Å². The van der Waals surface area contributed by atoms with Crippen LogP contribution in [0.5, 0.6) is 0 Å². The molecular formula is C10H14N2O2. The summed E-state index contributed by atoms with van der Waals surface area (Å²) in [5, 5.41) is 8.91. The first kappa shape index (κ1) is 10.7. The van der Waals surface area contributed by atoms with E-state index >= 15 is 0 Å². The topological polar surface area (TPSA) is 76.2 Å². The molecule has 0 saturated carbocycles. The molecule has 1 rings (SSSR count). The molecule has 14 heavy (non-hydrogen) atoms. The van der Waals surface area contributed by atoms with E-state index in [-0.39, 0.29) is 17.5 Å². The van der Waals surface area contributed by atoms with Crippen LogP contribution in [0.1, 0.15) is 35.8 Å². The molecule has 0 aliphatic carbocycles. The number of hydrogen-bond donors (Lipinski definition) is 2. The smallest absolute Gasteiger partial charge is 0.336 e. The van der Waals surface area contributed by atoms with Crippen LogP contribution in [0.2, 0.25) is 0 Å². The van der Waals surface area contributed by atoms with Crippen molar-refractivity contribution in [2.75, 3.05) is 0 Å². The van der Waals surface area contributed by atoms with Crippen LogP contribution in [0.25, 0.3) is 0 Å². The maximum atomic E-state index is 10.9. The van der Waals surface area contributed by atoms with E-state index in [1.165, 1.54) is 18.5 Å². The molecule has 0 spiro atoms. The van der Waals surface area contributed by atoms with Crippen molar-refractivity contribution < 1.29 is 9.90 Å². The second-order valence-electron chi connectivity index (χ2n) is 3.54. The minimum absolute atomic E-state index is 0.192. The monoisotopic (exact) mass is 194 g/mol. The highest BCUT2D eigenvalue weighted by atomic mass is 16.4. The fraction of sp³-hybridized carbons (Fsp3) is 0.400. The van der Waals surface area contributed by atoms with Gasteiger partial charge in [-0.3, -0.25) is 4.98 Å². The quantitative estimate of drug-likeness (QED) is 0.763. The first-order valence-corrected chi connectivity index (χ1v) is 4.46. The van der Waals surface area contributed by atoms with E-state index in [4.69, 9.17) is 10.8 Å². The van der Waals surface area contributed by atoms with Crippen molar-refractivity contribution in [3.8, 4) is 0 Å². The Hall–Kier alpha value is -1.42. The van der Waals surface area contributed by atoms with Crippen molar-refractivity contribution in [1.29, 1.82) is 0 Å². The van der Waals surface area contributed by atoms with Crippen LogP contribution in [-0.4, -0.2) is 16.1 Å². The van der Waals surface area contributed by atoms with Gasteiger partial charge in [0, 0.05) is 24.0 Å². The molecule has 0 fully saturated rings. The summed E-state index contributed by atoms with van der Waals surface area (Å²) in [5.41, 5.74) is 6.70. The highest BCUT2D eigenvalue weighted by Crippen LogP contribution is 2.21. The lowest BCUT2D eigenvalue weighted by Crippen LogP contribution is -2.20. The average molecular weight is 194 g/mol. The standard InChI is InChI=1S/C10H14N2O2/c1-6(2)9(11)8-5-12-4-3-7(8)10(13)14/h3-6,9H,11H2,1-2H3,(H,13,14)/t9-/m0/s1. The van der Waals surface area contributed by atoms with Crippen LogP contribution >= 0.6 is 0 Å². The Morgan fingerprint density at radius 3 is 2.71 bits per heavy atom. The van der Waals surface area contributed by atoms with Gasteiger partial charge in [-0.05, 0) is 12.0 Å². The molecule has 0 aliphatic rings. The molecule has 0 bridgehead atoms. The fourth-order valence-corrected chi connectivity index (χ4v) is 1.23. The van der Waals surface area contributed by atoms with Gasteiger partial charge in [-0.2, -0.15) is 0 Å². The van der Waals surface area contributed by atoms with E-state index in [2.05, 4.69) is 4.98 Å². The van der Waals surface area contributed by atoms with Gasteiger partial charge < -0.3 is 10.8 Å². The van der Waals surface area contributed by atoms with Crippen LogP contribution in [0.4, 0.5) is 0 Å². The minimum Gasteiger partial charge on any atom is -0.478 e. The fourth-order valence-electron chi connectivity index (χ4n) is 1.23. The van der Waals surface area contributed by atoms with Crippen LogP contribution in [-0.2, 0) is 0 Å². The average Bonchev–Trinajstić information content (AvgIpc) is 2.16. The molecule has 1 aromatic rings. The summed E-state index contributed by atoms with van der Waals surface area (Å²) in [6, 6.07) is 1.19. The van der Waals surface area contributed by atoms with Gasteiger partial charge in [0.15, 0.2) is 0 Å². The molecule has 0 saturated heterocycles. The van der Waals surface area contributed by atoms with Crippen molar-refractivity contribution in [3.05, 3.63) is 29.6 Å². The highest BCUT2D eigenvalue weighted by Gasteiger charge is 2.17. The largest absolute Gasteiger partial charge is 0.478 e. The minimum atomic E-state index is -0.960. The van der Waals surface area contributed by atoms with Crippen molar-refractivity contribution in [3.63, 3.8) is 0 Å². The summed E-state index contributed by atoms with van der Waals surface area (Å²) in [5.74, 6) is -0.768. The van der Waals surface area contributed by atoms with Crippen molar-refractivity contribution in [2.45, 2.75) is 19.9 Å². The number of carbonyl (C=O) groups is 1. The summed E-state index contributed by atoms with van der Waals surface area (Å²) in [7, 11) is 0. The molecule has 0 aromatic carbocycles. The Kier molecular flexibility index (Phi) is 3.19. The number of nitrogens with zero attached hydrogens (tertiary/aromatic N) is 1. The molecule has 1 aromatic heterocycles. The van der Waals surface area contributed by atoms with E-state index in [1.807, 2.05) is 13.8 Å². The number of pyridine rings is 1. The normalized spacial score (nSPS) is 12.9. The van der Waals surface area contributed by atoms with Gasteiger partial charge in [0.05, 0.1) is 5.56 Å². The SMILES string of the molecule is CC(C)[C@H](N)c1cnccc1C(=O)O. The Balaban J connectivity index is 3.13. The number of carboxylic acid groups (broad SMARTS) is 1. The molecule has 0 amide bonds. The Morgan fingerprint density at radius 2 is 2.21 bits per heavy atom. The first-order valence-electron chi connectivity index (χ1n) is 4.46. The highest BCUT2D eigenvalue weighted by molar-refractivity contribution is 5.89. The Labute approximate surface area is 82.8 Å².